The number of rotatable bonds is 5. The topological polar surface area (TPSA) is 69.2 Å². The fraction of sp³-hybridized carbons (Fsp3) is 0.846. The van der Waals surface area contributed by atoms with Gasteiger partial charge in [0.2, 0.25) is 5.91 Å². The van der Waals surface area contributed by atoms with E-state index in [0.717, 1.165) is 12.8 Å². The first-order valence-electron chi connectivity index (χ1n) is 6.50. The number of hydrogen-bond donors (Lipinski definition) is 1. The summed E-state index contributed by atoms with van der Waals surface area (Å²) in [7, 11) is 0. The maximum absolute atomic E-state index is 11.6. The van der Waals surface area contributed by atoms with E-state index in [1.807, 2.05) is 0 Å². The summed E-state index contributed by atoms with van der Waals surface area (Å²) >= 11 is 0. The van der Waals surface area contributed by atoms with Crippen LogP contribution in [0, 0.1) is 11.8 Å². The monoisotopic (exact) mass is 240 g/mol. The van der Waals surface area contributed by atoms with Crippen molar-refractivity contribution in [2.24, 2.45) is 11.8 Å². The van der Waals surface area contributed by atoms with Crippen molar-refractivity contribution in [2.45, 2.75) is 58.4 Å². The van der Waals surface area contributed by atoms with Crippen LogP contribution in [0.3, 0.4) is 0 Å². The number of amides is 1. The molecule has 1 fully saturated rings. The number of carboxylic acid groups (broad SMARTS) is 1. The van der Waals surface area contributed by atoms with Gasteiger partial charge in [-0.1, -0.05) is 26.7 Å². The molecule has 0 radical (unpaired) electrons. The van der Waals surface area contributed by atoms with Crippen LogP contribution < -0.4 is 10.4 Å². The lowest BCUT2D eigenvalue weighted by atomic mass is 9.78. The highest BCUT2D eigenvalue weighted by Crippen LogP contribution is 2.29. The normalized spacial score (nSPS) is 28.7. The number of carbonyl (C=O) groups excluding carboxylic acids is 2. The highest BCUT2D eigenvalue weighted by molar-refractivity contribution is 5.76. The lowest BCUT2D eigenvalue weighted by Crippen LogP contribution is -2.43. The lowest BCUT2D eigenvalue weighted by molar-refractivity contribution is -0.305. The van der Waals surface area contributed by atoms with Crippen LogP contribution in [0.1, 0.15) is 52.4 Å². The minimum Gasteiger partial charge on any atom is -0.550 e. The van der Waals surface area contributed by atoms with Gasteiger partial charge in [-0.2, -0.15) is 0 Å². The van der Waals surface area contributed by atoms with Crippen molar-refractivity contribution < 1.29 is 14.7 Å². The molecule has 0 spiro atoms. The minimum absolute atomic E-state index is 0.0304. The van der Waals surface area contributed by atoms with E-state index in [4.69, 9.17) is 0 Å². The number of nitrogens with one attached hydrogen (secondary N) is 1. The Morgan fingerprint density at radius 3 is 2.59 bits per heavy atom. The van der Waals surface area contributed by atoms with E-state index in [9.17, 15) is 14.7 Å². The smallest absolute Gasteiger partial charge is 0.220 e. The van der Waals surface area contributed by atoms with Gasteiger partial charge in [0.1, 0.15) is 0 Å². The highest BCUT2D eigenvalue weighted by Gasteiger charge is 2.27. The third-order valence-corrected chi connectivity index (χ3v) is 3.84. The van der Waals surface area contributed by atoms with Gasteiger partial charge in [-0.05, 0) is 31.1 Å². The zero-order valence-electron chi connectivity index (χ0n) is 10.7. The van der Waals surface area contributed by atoms with Crippen molar-refractivity contribution >= 4 is 11.9 Å². The summed E-state index contributed by atoms with van der Waals surface area (Å²) in [5, 5.41) is 13.2. The van der Waals surface area contributed by atoms with E-state index in [2.05, 4.69) is 19.2 Å². The SMILES string of the molecule is C[C@@H]1[C@@H](C)CCC[C@H]1NC(=O)CCCC(=O)[O-]. The number of carbonyl (C=O) groups is 2. The van der Waals surface area contributed by atoms with Crippen LogP contribution in [0.5, 0.6) is 0 Å². The number of aliphatic carboxylic acids is 1. The second-order valence-electron chi connectivity index (χ2n) is 5.17. The predicted molar refractivity (Wildman–Crippen MR) is 63.0 cm³/mol. The second-order valence-corrected chi connectivity index (χ2v) is 5.17. The largest absolute Gasteiger partial charge is 0.550 e. The molecule has 3 atom stereocenters. The van der Waals surface area contributed by atoms with E-state index in [1.165, 1.54) is 6.42 Å². The average Bonchev–Trinajstić information content (AvgIpc) is 2.24. The zero-order valence-corrected chi connectivity index (χ0v) is 10.7. The van der Waals surface area contributed by atoms with Crippen LogP contribution in [-0.2, 0) is 9.59 Å². The highest BCUT2D eigenvalue weighted by atomic mass is 16.4. The number of carboxylic acids is 1. The van der Waals surface area contributed by atoms with Crippen molar-refractivity contribution in [3.63, 3.8) is 0 Å². The van der Waals surface area contributed by atoms with E-state index in [0.29, 0.717) is 18.3 Å². The van der Waals surface area contributed by atoms with E-state index >= 15 is 0 Å². The van der Waals surface area contributed by atoms with Crippen LogP contribution in [0.2, 0.25) is 0 Å². The lowest BCUT2D eigenvalue weighted by Gasteiger charge is -2.34. The van der Waals surface area contributed by atoms with Gasteiger partial charge in [-0.15, -0.1) is 0 Å². The molecule has 17 heavy (non-hydrogen) atoms. The molecule has 4 nitrogen and oxygen atoms in total. The van der Waals surface area contributed by atoms with E-state index in [-0.39, 0.29) is 24.8 Å². The molecule has 1 amide bonds. The average molecular weight is 240 g/mol. The summed E-state index contributed by atoms with van der Waals surface area (Å²) in [5.74, 6) is 0.0424. The molecule has 0 bridgehead atoms. The van der Waals surface area contributed by atoms with Gasteiger partial charge >= 0.3 is 0 Å². The second kappa shape index (κ2) is 6.62. The molecule has 98 valence electrons. The van der Waals surface area contributed by atoms with Gasteiger partial charge in [0.25, 0.3) is 0 Å². The van der Waals surface area contributed by atoms with Gasteiger partial charge in [-0.3, -0.25) is 4.79 Å². The first-order chi connectivity index (χ1) is 8.00. The van der Waals surface area contributed by atoms with Gasteiger partial charge < -0.3 is 15.2 Å². The third-order valence-electron chi connectivity index (χ3n) is 3.84. The van der Waals surface area contributed by atoms with Crippen LogP contribution in [0.15, 0.2) is 0 Å². The van der Waals surface area contributed by atoms with Crippen molar-refractivity contribution in [3.8, 4) is 0 Å². The summed E-state index contributed by atoms with van der Waals surface area (Å²) < 4.78 is 0. The van der Waals surface area contributed by atoms with Gasteiger partial charge in [0.05, 0.1) is 0 Å². The van der Waals surface area contributed by atoms with E-state index < -0.39 is 5.97 Å². The molecule has 1 aliphatic rings. The van der Waals surface area contributed by atoms with Crippen molar-refractivity contribution in [3.05, 3.63) is 0 Å². The molecule has 0 saturated heterocycles. The fourth-order valence-corrected chi connectivity index (χ4v) is 2.46. The minimum atomic E-state index is -1.09. The fourth-order valence-electron chi connectivity index (χ4n) is 2.46. The number of hydrogen-bond acceptors (Lipinski definition) is 3. The molecule has 0 aromatic carbocycles. The molecule has 0 heterocycles. The van der Waals surface area contributed by atoms with Crippen molar-refractivity contribution in [2.75, 3.05) is 0 Å². The molecule has 1 saturated carbocycles. The van der Waals surface area contributed by atoms with Gasteiger partial charge in [-0.25, -0.2) is 0 Å². The standard InChI is InChI=1S/C13H23NO3/c1-9-5-3-6-11(10(9)2)14-12(15)7-4-8-13(16)17/h9-11H,3-8H2,1-2H3,(H,14,15)(H,16,17)/p-1/t9-,10+,11+/m0/s1. The molecule has 1 rings (SSSR count). The Morgan fingerprint density at radius 1 is 1.24 bits per heavy atom. The molecule has 0 unspecified atom stereocenters. The third kappa shape index (κ3) is 4.75. The molecular formula is C13H22NO3-. The Hall–Kier alpha value is -1.06. The quantitative estimate of drug-likeness (QED) is 0.774. The first-order valence-corrected chi connectivity index (χ1v) is 6.50. The molecule has 0 aromatic heterocycles. The molecule has 0 aromatic rings. The van der Waals surface area contributed by atoms with Crippen molar-refractivity contribution in [1.29, 1.82) is 0 Å². The van der Waals surface area contributed by atoms with Crippen LogP contribution in [-0.4, -0.2) is 17.9 Å². The Bertz CT molecular complexity index is 278. The predicted octanol–water partition coefficient (Wildman–Crippen LogP) is 0.847. The molecule has 1 aliphatic carbocycles. The Balaban J connectivity index is 2.27. The Morgan fingerprint density at radius 2 is 1.94 bits per heavy atom. The molecule has 0 aliphatic heterocycles. The van der Waals surface area contributed by atoms with E-state index in [1.54, 1.807) is 0 Å². The summed E-state index contributed by atoms with van der Waals surface area (Å²) in [6, 6.07) is 0.259. The maximum Gasteiger partial charge on any atom is 0.220 e. The Kier molecular flexibility index (Phi) is 5.45. The summed E-state index contributed by atoms with van der Waals surface area (Å²) in [6.45, 7) is 4.40. The maximum atomic E-state index is 11.6. The summed E-state index contributed by atoms with van der Waals surface area (Å²) in [6.07, 6.45) is 4.05. The van der Waals surface area contributed by atoms with Gasteiger partial charge in [0, 0.05) is 18.4 Å². The Labute approximate surface area is 103 Å². The van der Waals surface area contributed by atoms with Crippen LogP contribution in [0.4, 0.5) is 0 Å². The molecule has 1 N–H and O–H groups in total. The van der Waals surface area contributed by atoms with Crippen LogP contribution in [0.25, 0.3) is 0 Å². The van der Waals surface area contributed by atoms with Crippen LogP contribution >= 0.6 is 0 Å². The zero-order chi connectivity index (χ0) is 12.8. The molecule has 4 heteroatoms. The van der Waals surface area contributed by atoms with Gasteiger partial charge in [0.15, 0.2) is 0 Å². The summed E-state index contributed by atoms with van der Waals surface area (Å²) in [4.78, 5) is 21.8. The van der Waals surface area contributed by atoms with Crippen molar-refractivity contribution in [1.82, 2.24) is 5.32 Å². The molecular weight excluding hydrogens is 218 g/mol. The summed E-state index contributed by atoms with van der Waals surface area (Å²) in [5.41, 5.74) is 0. The first kappa shape index (κ1) is 14.0.